The number of anilines is 1. The first-order chi connectivity index (χ1) is 15.1. The highest BCUT2D eigenvalue weighted by Gasteiger charge is 2.20. The van der Waals surface area contributed by atoms with Crippen molar-refractivity contribution in [2.24, 2.45) is 0 Å². The van der Waals surface area contributed by atoms with E-state index in [1.54, 1.807) is 0 Å². The average molecular weight is 494 g/mol. The molecule has 32 heavy (non-hydrogen) atoms. The van der Waals surface area contributed by atoms with Gasteiger partial charge in [-0.05, 0) is 53.9 Å². The smallest absolute Gasteiger partial charge is 0.333 e. The standard InChI is InChI=1S/C20H13ClFN3O5S2/c21-16-7-8-18(31-16)32(29,30)24-20(28)23-13-3-5-14(6-4-13)25-17(26)9-11-1-2-12(22)10-15(11)19(25)27/h1-10,27H,(H2,23,24,28). The van der Waals surface area contributed by atoms with Crippen molar-refractivity contribution < 1.29 is 22.7 Å². The summed E-state index contributed by atoms with van der Waals surface area (Å²) in [5.74, 6) is -1.01. The SMILES string of the molecule is O=C(Nc1ccc(-n2c(O)c3cc(F)ccc3cc2=O)cc1)NS(=O)(=O)c1ccc(Cl)s1. The van der Waals surface area contributed by atoms with E-state index in [9.17, 15) is 27.5 Å². The largest absolute Gasteiger partial charge is 0.494 e. The summed E-state index contributed by atoms with van der Waals surface area (Å²) < 4.78 is 40.9. The second-order valence-corrected chi connectivity index (χ2v) is 10.2. The Kier molecular flexibility index (Phi) is 5.63. The average Bonchev–Trinajstić information content (AvgIpc) is 3.17. The highest BCUT2D eigenvalue weighted by molar-refractivity contribution is 7.92. The van der Waals surface area contributed by atoms with Crippen LogP contribution in [0.3, 0.4) is 0 Å². The molecule has 0 saturated carbocycles. The van der Waals surface area contributed by atoms with Gasteiger partial charge in [0.05, 0.1) is 10.0 Å². The number of hydrogen-bond acceptors (Lipinski definition) is 6. The molecule has 4 rings (SSSR count). The number of carbonyl (C=O) groups is 1. The molecule has 0 aliphatic rings. The monoisotopic (exact) mass is 493 g/mol. The van der Waals surface area contributed by atoms with Crippen molar-refractivity contribution in [3.05, 3.63) is 81.2 Å². The molecule has 0 aliphatic heterocycles. The van der Waals surface area contributed by atoms with Gasteiger partial charge in [0.15, 0.2) is 0 Å². The number of halogens is 2. The molecular formula is C20H13ClFN3O5S2. The number of nitrogens with zero attached hydrogens (tertiary/aromatic N) is 1. The Morgan fingerprint density at radius 1 is 1.06 bits per heavy atom. The van der Waals surface area contributed by atoms with E-state index >= 15 is 0 Å². The maximum absolute atomic E-state index is 13.6. The maximum atomic E-state index is 13.6. The molecule has 2 heterocycles. The van der Waals surface area contributed by atoms with Crippen LogP contribution in [0.15, 0.2) is 69.7 Å². The molecule has 12 heteroatoms. The highest BCUT2D eigenvalue weighted by atomic mass is 35.5. The molecule has 0 aliphatic carbocycles. The van der Waals surface area contributed by atoms with E-state index < -0.39 is 33.3 Å². The number of rotatable bonds is 4. The van der Waals surface area contributed by atoms with Crippen LogP contribution in [0.4, 0.5) is 14.9 Å². The molecule has 0 unspecified atom stereocenters. The van der Waals surface area contributed by atoms with E-state index in [4.69, 9.17) is 11.6 Å². The zero-order chi connectivity index (χ0) is 23.0. The second-order valence-electron chi connectivity index (χ2n) is 6.54. The molecule has 0 atom stereocenters. The molecule has 0 spiro atoms. The van der Waals surface area contributed by atoms with Gasteiger partial charge in [-0.15, -0.1) is 11.3 Å². The van der Waals surface area contributed by atoms with Crippen LogP contribution in [0.5, 0.6) is 5.88 Å². The Hall–Kier alpha value is -3.41. The van der Waals surface area contributed by atoms with Gasteiger partial charge in [0.25, 0.3) is 15.6 Å². The third kappa shape index (κ3) is 4.31. The number of amides is 2. The van der Waals surface area contributed by atoms with Gasteiger partial charge in [-0.3, -0.25) is 4.79 Å². The third-order valence-electron chi connectivity index (χ3n) is 4.39. The quantitative estimate of drug-likeness (QED) is 0.396. The number of carbonyl (C=O) groups excluding carboxylic acids is 1. The number of pyridine rings is 1. The fraction of sp³-hybridized carbons (Fsp3) is 0. The number of hydrogen-bond donors (Lipinski definition) is 3. The predicted molar refractivity (Wildman–Crippen MR) is 120 cm³/mol. The zero-order valence-corrected chi connectivity index (χ0v) is 18.3. The molecule has 8 nitrogen and oxygen atoms in total. The highest BCUT2D eigenvalue weighted by Crippen LogP contribution is 2.27. The van der Waals surface area contributed by atoms with Crippen molar-refractivity contribution in [1.29, 1.82) is 0 Å². The van der Waals surface area contributed by atoms with Gasteiger partial charge in [-0.2, -0.15) is 0 Å². The van der Waals surface area contributed by atoms with Crippen molar-refractivity contribution in [2.75, 3.05) is 5.32 Å². The Morgan fingerprint density at radius 3 is 2.44 bits per heavy atom. The van der Waals surface area contributed by atoms with Gasteiger partial charge in [-0.1, -0.05) is 17.7 Å². The first-order valence-electron chi connectivity index (χ1n) is 8.88. The normalized spacial score (nSPS) is 11.4. The van der Waals surface area contributed by atoms with Gasteiger partial charge in [0.1, 0.15) is 10.0 Å². The molecule has 4 aromatic rings. The summed E-state index contributed by atoms with van der Waals surface area (Å²) in [6.07, 6.45) is 0. The first kappa shape index (κ1) is 21.8. The van der Waals surface area contributed by atoms with Crippen LogP contribution in [0.1, 0.15) is 0 Å². The molecule has 2 aromatic carbocycles. The van der Waals surface area contributed by atoms with E-state index in [1.165, 1.54) is 54.6 Å². The minimum absolute atomic E-state index is 0.115. The van der Waals surface area contributed by atoms with Crippen LogP contribution in [0, 0.1) is 5.82 Å². The second kappa shape index (κ2) is 8.26. The van der Waals surface area contributed by atoms with Crippen LogP contribution in [-0.4, -0.2) is 24.1 Å². The van der Waals surface area contributed by atoms with Crippen molar-refractivity contribution in [2.45, 2.75) is 4.21 Å². The van der Waals surface area contributed by atoms with Gasteiger partial charge in [-0.25, -0.2) is 26.9 Å². The lowest BCUT2D eigenvalue weighted by atomic mass is 10.1. The number of aromatic hydroxyl groups is 1. The van der Waals surface area contributed by atoms with Crippen LogP contribution in [0.2, 0.25) is 4.34 Å². The fourth-order valence-electron chi connectivity index (χ4n) is 2.98. The molecule has 2 amide bonds. The molecular weight excluding hydrogens is 481 g/mol. The summed E-state index contributed by atoms with van der Waals surface area (Å²) in [5.41, 5.74) is -0.0590. The number of nitrogens with one attached hydrogen (secondary N) is 2. The summed E-state index contributed by atoms with van der Waals surface area (Å²) >= 11 is 6.53. The molecule has 3 N–H and O–H groups in total. The number of benzene rings is 2. The Balaban J connectivity index is 1.56. The summed E-state index contributed by atoms with van der Waals surface area (Å²) in [7, 11) is -4.08. The lowest BCUT2D eigenvalue weighted by molar-refractivity contribution is 0.256. The predicted octanol–water partition coefficient (Wildman–Crippen LogP) is 4.06. The van der Waals surface area contributed by atoms with Crippen molar-refractivity contribution >= 4 is 55.5 Å². The summed E-state index contributed by atoms with van der Waals surface area (Å²) in [6.45, 7) is 0. The molecule has 164 valence electrons. The van der Waals surface area contributed by atoms with E-state index in [0.29, 0.717) is 5.39 Å². The Labute approximate surface area is 189 Å². The first-order valence-corrected chi connectivity index (χ1v) is 11.6. The van der Waals surface area contributed by atoms with Gasteiger partial charge in [0, 0.05) is 17.1 Å². The number of fused-ring (bicyclic) bond motifs is 1. The minimum Gasteiger partial charge on any atom is -0.494 e. The van der Waals surface area contributed by atoms with Crippen LogP contribution in [0.25, 0.3) is 16.5 Å². The number of sulfonamides is 1. The third-order valence-corrected chi connectivity index (χ3v) is 7.45. The van der Waals surface area contributed by atoms with Gasteiger partial charge < -0.3 is 10.4 Å². The van der Waals surface area contributed by atoms with Crippen molar-refractivity contribution in [1.82, 2.24) is 9.29 Å². The van der Waals surface area contributed by atoms with E-state index in [-0.39, 0.29) is 25.3 Å². The summed E-state index contributed by atoms with van der Waals surface area (Å²) in [5, 5.41) is 13.4. The maximum Gasteiger partial charge on any atom is 0.333 e. The molecule has 2 aromatic heterocycles. The van der Waals surface area contributed by atoms with Crippen LogP contribution >= 0.6 is 22.9 Å². The number of thiophene rings is 1. The number of urea groups is 1. The molecule has 0 radical (unpaired) electrons. The van der Waals surface area contributed by atoms with Gasteiger partial charge >= 0.3 is 6.03 Å². The lowest BCUT2D eigenvalue weighted by Gasteiger charge is -2.12. The Morgan fingerprint density at radius 2 is 1.78 bits per heavy atom. The number of aromatic nitrogens is 1. The van der Waals surface area contributed by atoms with Crippen molar-refractivity contribution in [3.63, 3.8) is 0 Å². The van der Waals surface area contributed by atoms with E-state index in [2.05, 4.69) is 5.32 Å². The fourth-order valence-corrected chi connectivity index (χ4v) is 5.37. The van der Waals surface area contributed by atoms with Crippen molar-refractivity contribution in [3.8, 4) is 11.6 Å². The van der Waals surface area contributed by atoms with E-state index in [1.807, 2.05) is 4.72 Å². The summed E-state index contributed by atoms with van der Waals surface area (Å²) in [4.78, 5) is 24.5. The zero-order valence-electron chi connectivity index (χ0n) is 15.9. The molecule has 0 bridgehead atoms. The Bertz CT molecular complexity index is 1510. The molecule has 0 saturated heterocycles. The van der Waals surface area contributed by atoms with E-state index in [0.717, 1.165) is 22.0 Å². The van der Waals surface area contributed by atoms with Crippen LogP contribution in [-0.2, 0) is 10.0 Å². The topological polar surface area (TPSA) is 118 Å². The van der Waals surface area contributed by atoms with Gasteiger partial charge in [0.2, 0.25) is 5.88 Å². The summed E-state index contributed by atoms with van der Waals surface area (Å²) in [6, 6.07) is 12.3. The molecule has 0 fully saturated rings. The minimum atomic E-state index is -4.08. The lowest BCUT2D eigenvalue weighted by Crippen LogP contribution is -2.33. The van der Waals surface area contributed by atoms with Crippen LogP contribution < -0.4 is 15.6 Å².